The molecule has 162 valence electrons. The Morgan fingerprint density at radius 3 is 2.71 bits per heavy atom. The number of ether oxygens (including phenoxy) is 2. The molecule has 1 aromatic heterocycles. The molecule has 0 aliphatic heterocycles. The number of alkyl halides is 2. The molecule has 0 amide bonds. The first kappa shape index (κ1) is 20.8. The van der Waals surface area contributed by atoms with Crippen LogP contribution in [0.25, 0.3) is 11.3 Å². The van der Waals surface area contributed by atoms with Gasteiger partial charge in [0.2, 0.25) is 0 Å². The summed E-state index contributed by atoms with van der Waals surface area (Å²) in [5.74, 6) is -0.230. The smallest absolute Gasteiger partial charge is 0.387 e. The van der Waals surface area contributed by atoms with Crippen LogP contribution in [0.4, 0.5) is 8.78 Å². The second-order valence-electron chi connectivity index (χ2n) is 7.58. The Morgan fingerprint density at radius 2 is 2.00 bits per heavy atom. The lowest BCUT2D eigenvalue weighted by molar-refractivity contribution is -0.0515. The molecule has 3 aromatic rings. The normalized spacial score (nSPS) is 14.5. The zero-order valence-corrected chi connectivity index (χ0v) is 16.9. The fourth-order valence-corrected chi connectivity index (χ4v) is 3.25. The van der Waals surface area contributed by atoms with Crippen LogP contribution in [-0.4, -0.2) is 34.1 Å². The van der Waals surface area contributed by atoms with Gasteiger partial charge in [-0.2, -0.15) is 13.9 Å². The number of halogens is 2. The average Bonchev–Trinajstić information content (AvgIpc) is 3.45. The molecule has 2 aromatic carbocycles. The quantitative estimate of drug-likeness (QED) is 0.504. The molecule has 4 rings (SSSR count). The summed E-state index contributed by atoms with van der Waals surface area (Å²) >= 11 is 0. The number of aromatic nitrogens is 2. The third kappa shape index (κ3) is 5.02. The molecule has 1 aliphatic rings. The largest absolute Gasteiger partial charge is 0.489 e. The van der Waals surface area contributed by atoms with Crippen LogP contribution in [0.2, 0.25) is 0 Å². The van der Waals surface area contributed by atoms with Gasteiger partial charge in [-0.3, -0.25) is 4.68 Å². The van der Waals surface area contributed by atoms with Gasteiger partial charge in [0, 0.05) is 11.8 Å². The van der Waals surface area contributed by atoms with Crippen molar-refractivity contribution in [2.45, 2.75) is 32.4 Å². The summed E-state index contributed by atoms with van der Waals surface area (Å²) in [4.78, 5) is 11.2. The van der Waals surface area contributed by atoms with Crippen molar-refractivity contribution in [1.82, 2.24) is 9.78 Å². The van der Waals surface area contributed by atoms with Crippen LogP contribution in [0, 0.1) is 5.92 Å². The summed E-state index contributed by atoms with van der Waals surface area (Å²) in [6.45, 7) is -0.525. The number of nitrogens with zero attached hydrogens (tertiary/aromatic N) is 2. The summed E-state index contributed by atoms with van der Waals surface area (Å²) in [6.07, 6.45) is 3.96. The maximum Gasteiger partial charge on any atom is 0.387 e. The zero-order chi connectivity index (χ0) is 22.0. The average molecular weight is 428 g/mol. The van der Waals surface area contributed by atoms with Crippen LogP contribution < -0.4 is 9.47 Å². The van der Waals surface area contributed by atoms with E-state index in [2.05, 4.69) is 9.84 Å². The molecular formula is C23H22F2N2O4. The number of hydrogen-bond donors (Lipinski definition) is 1. The van der Waals surface area contributed by atoms with E-state index in [9.17, 15) is 18.7 Å². The molecule has 1 aliphatic carbocycles. The van der Waals surface area contributed by atoms with Gasteiger partial charge in [-0.1, -0.05) is 18.2 Å². The van der Waals surface area contributed by atoms with Crippen LogP contribution in [0.15, 0.2) is 54.7 Å². The summed E-state index contributed by atoms with van der Waals surface area (Å²) in [5, 5.41) is 13.8. The topological polar surface area (TPSA) is 73.6 Å². The van der Waals surface area contributed by atoms with Crippen molar-refractivity contribution in [1.29, 1.82) is 0 Å². The molecule has 31 heavy (non-hydrogen) atoms. The fraction of sp³-hybridized carbons (Fsp3) is 0.304. The monoisotopic (exact) mass is 428 g/mol. The first-order valence-corrected chi connectivity index (χ1v) is 10.0. The molecule has 1 atom stereocenters. The minimum Gasteiger partial charge on any atom is -0.489 e. The molecule has 1 unspecified atom stereocenters. The molecule has 0 spiro atoms. The van der Waals surface area contributed by atoms with Crippen LogP contribution in [0.1, 0.15) is 41.7 Å². The highest BCUT2D eigenvalue weighted by Gasteiger charge is 2.23. The molecule has 1 saturated carbocycles. The van der Waals surface area contributed by atoms with Gasteiger partial charge in [0.05, 0.1) is 23.9 Å². The lowest BCUT2D eigenvalue weighted by atomic mass is 10.1. The summed E-state index contributed by atoms with van der Waals surface area (Å²) in [6, 6.07) is 13.1. The molecule has 0 radical (unpaired) electrons. The van der Waals surface area contributed by atoms with Crippen molar-refractivity contribution in [2.75, 3.05) is 6.61 Å². The Balaban J connectivity index is 1.57. The predicted molar refractivity (Wildman–Crippen MR) is 110 cm³/mol. The number of carboxylic acid groups (broad SMARTS) is 1. The van der Waals surface area contributed by atoms with Gasteiger partial charge in [0.15, 0.2) is 11.5 Å². The van der Waals surface area contributed by atoms with Crippen molar-refractivity contribution < 1.29 is 28.2 Å². The van der Waals surface area contributed by atoms with Gasteiger partial charge >= 0.3 is 12.6 Å². The van der Waals surface area contributed by atoms with Gasteiger partial charge in [-0.15, -0.1) is 0 Å². The van der Waals surface area contributed by atoms with Gasteiger partial charge in [0.25, 0.3) is 0 Å². The minimum absolute atomic E-state index is 0.0123. The third-order valence-electron chi connectivity index (χ3n) is 5.25. The van der Waals surface area contributed by atoms with E-state index < -0.39 is 12.6 Å². The molecule has 0 bridgehead atoms. The van der Waals surface area contributed by atoms with E-state index in [1.165, 1.54) is 12.1 Å². The molecule has 8 heteroatoms. The second kappa shape index (κ2) is 8.75. The molecule has 1 heterocycles. The SMILES string of the molecule is CC(c1ccc(OC(F)F)c(OCC2CC2)c1)n1ccc(-c2cccc(C(=O)O)c2)n1. The highest BCUT2D eigenvalue weighted by molar-refractivity contribution is 5.89. The van der Waals surface area contributed by atoms with Crippen molar-refractivity contribution in [3.63, 3.8) is 0 Å². The Kier molecular flexibility index (Phi) is 5.88. The van der Waals surface area contributed by atoms with E-state index >= 15 is 0 Å². The number of carboxylic acids is 1. The van der Waals surface area contributed by atoms with Crippen LogP contribution in [0.3, 0.4) is 0 Å². The van der Waals surface area contributed by atoms with Crippen molar-refractivity contribution >= 4 is 5.97 Å². The maximum absolute atomic E-state index is 12.7. The first-order valence-electron chi connectivity index (χ1n) is 10.0. The fourth-order valence-electron chi connectivity index (χ4n) is 3.25. The van der Waals surface area contributed by atoms with Crippen LogP contribution in [0.5, 0.6) is 11.5 Å². The first-order chi connectivity index (χ1) is 14.9. The highest BCUT2D eigenvalue weighted by Crippen LogP contribution is 2.36. The summed E-state index contributed by atoms with van der Waals surface area (Å²) in [5.41, 5.74) is 2.34. The summed E-state index contributed by atoms with van der Waals surface area (Å²) < 4.78 is 37.6. The highest BCUT2D eigenvalue weighted by atomic mass is 19.3. The second-order valence-corrected chi connectivity index (χ2v) is 7.58. The Morgan fingerprint density at radius 1 is 1.19 bits per heavy atom. The third-order valence-corrected chi connectivity index (χ3v) is 5.25. The van der Waals surface area contributed by atoms with E-state index in [1.54, 1.807) is 47.3 Å². The van der Waals surface area contributed by atoms with Gasteiger partial charge < -0.3 is 14.6 Å². The predicted octanol–water partition coefficient (Wildman–Crippen LogP) is 5.25. The van der Waals surface area contributed by atoms with Gasteiger partial charge in [-0.25, -0.2) is 4.79 Å². The number of hydrogen-bond acceptors (Lipinski definition) is 4. The lowest BCUT2D eigenvalue weighted by Gasteiger charge is -2.17. The molecule has 1 fully saturated rings. The number of rotatable bonds is 9. The zero-order valence-electron chi connectivity index (χ0n) is 16.9. The van der Waals surface area contributed by atoms with Gasteiger partial charge in [0.1, 0.15) is 0 Å². The van der Waals surface area contributed by atoms with E-state index in [0.29, 0.717) is 23.8 Å². The van der Waals surface area contributed by atoms with Gasteiger partial charge in [-0.05, 0) is 61.6 Å². The number of aromatic carboxylic acids is 1. The van der Waals surface area contributed by atoms with E-state index in [-0.39, 0.29) is 23.1 Å². The van der Waals surface area contributed by atoms with Crippen LogP contribution >= 0.6 is 0 Å². The van der Waals surface area contributed by atoms with Crippen molar-refractivity contribution in [2.24, 2.45) is 5.92 Å². The van der Waals surface area contributed by atoms with E-state index in [4.69, 9.17) is 4.74 Å². The molecule has 1 N–H and O–H groups in total. The van der Waals surface area contributed by atoms with E-state index in [1.807, 2.05) is 6.92 Å². The van der Waals surface area contributed by atoms with E-state index in [0.717, 1.165) is 18.4 Å². The lowest BCUT2D eigenvalue weighted by Crippen LogP contribution is -2.10. The molecule has 6 nitrogen and oxygen atoms in total. The molecular weight excluding hydrogens is 406 g/mol. The molecule has 0 saturated heterocycles. The Labute approximate surface area is 178 Å². The number of benzene rings is 2. The summed E-state index contributed by atoms with van der Waals surface area (Å²) in [7, 11) is 0. The van der Waals surface area contributed by atoms with Crippen molar-refractivity contribution in [3.8, 4) is 22.8 Å². The standard InChI is InChI=1S/C23H22F2N2O4/c1-14(27-10-9-19(26-27)17-3-2-4-18(11-17)22(28)29)16-7-8-20(31-23(24)25)21(12-16)30-13-15-5-6-15/h2-4,7-12,14-15,23H,5-6,13H2,1H3,(H,28,29). The van der Waals surface area contributed by atoms with Crippen molar-refractivity contribution in [3.05, 3.63) is 65.9 Å². The number of carbonyl (C=O) groups is 1. The Hall–Kier alpha value is -3.42. The maximum atomic E-state index is 12.7. The Bertz CT molecular complexity index is 1080. The minimum atomic E-state index is -2.93. The van der Waals surface area contributed by atoms with Crippen LogP contribution in [-0.2, 0) is 0 Å².